The fraction of sp³-hybridized carbons (Fsp3) is 1.00. The molecule has 4 nitrogen and oxygen atoms in total. The fourth-order valence-electron chi connectivity index (χ4n) is 1.82. The van der Waals surface area contributed by atoms with Crippen LogP contribution in [0.15, 0.2) is 0 Å². The van der Waals surface area contributed by atoms with Crippen molar-refractivity contribution in [2.45, 2.75) is 45.2 Å². The third-order valence-corrected chi connectivity index (χ3v) is 6.32. The zero-order valence-corrected chi connectivity index (χ0v) is 13.7. The van der Waals surface area contributed by atoms with Crippen molar-refractivity contribution in [2.75, 3.05) is 40.4 Å². The van der Waals surface area contributed by atoms with Crippen molar-refractivity contribution in [2.24, 2.45) is 0 Å². The highest BCUT2D eigenvalue weighted by molar-refractivity contribution is 6.65. The van der Waals surface area contributed by atoms with Crippen LogP contribution in [-0.2, 0) is 8.85 Å². The molecule has 0 spiro atoms. The predicted molar refractivity (Wildman–Crippen MR) is 80.3 cm³/mol. The summed E-state index contributed by atoms with van der Waals surface area (Å²) in [4.78, 5) is 0. The van der Waals surface area contributed by atoms with Crippen LogP contribution in [0.5, 0.6) is 0 Å². The van der Waals surface area contributed by atoms with Gasteiger partial charge in [-0.2, -0.15) is 0 Å². The van der Waals surface area contributed by atoms with Crippen molar-refractivity contribution in [3.63, 3.8) is 0 Å². The van der Waals surface area contributed by atoms with Gasteiger partial charge in [-0.3, -0.25) is 0 Å². The molecular formula is C13H32N2O2Si. The minimum atomic E-state index is -1.81. The van der Waals surface area contributed by atoms with E-state index < -0.39 is 8.56 Å². The van der Waals surface area contributed by atoms with Gasteiger partial charge in [-0.25, -0.2) is 0 Å². The first-order valence-electron chi connectivity index (χ1n) is 7.20. The summed E-state index contributed by atoms with van der Waals surface area (Å²) in [6.07, 6.45) is 5.07. The van der Waals surface area contributed by atoms with Crippen LogP contribution < -0.4 is 10.6 Å². The van der Waals surface area contributed by atoms with E-state index >= 15 is 0 Å². The van der Waals surface area contributed by atoms with Gasteiger partial charge < -0.3 is 19.5 Å². The van der Waals surface area contributed by atoms with Crippen LogP contribution in [0.3, 0.4) is 0 Å². The molecule has 0 fully saturated rings. The Morgan fingerprint density at radius 1 is 0.833 bits per heavy atom. The third-order valence-electron chi connectivity index (χ3n) is 3.33. The fourth-order valence-corrected chi connectivity index (χ4v) is 3.28. The number of nitrogens with one attached hydrogen (secondary N) is 2. The smallest absolute Gasteiger partial charge is 0.334 e. The van der Waals surface area contributed by atoms with Gasteiger partial charge in [-0.1, -0.05) is 26.2 Å². The molecule has 2 N–H and O–H groups in total. The molecule has 0 atom stereocenters. The standard InChI is InChI=1S/C13H32N2O2Si/c1-5-14-11-12-15-10-8-6-7-9-13-18(4,16-2)17-3/h14-15H,5-13H2,1-4H3. The van der Waals surface area contributed by atoms with Gasteiger partial charge >= 0.3 is 8.56 Å². The first-order chi connectivity index (χ1) is 8.68. The Morgan fingerprint density at radius 3 is 2.06 bits per heavy atom. The van der Waals surface area contributed by atoms with Gasteiger partial charge in [0.2, 0.25) is 0 Å². The van der Waals surface area contributed by atoms with Gasteiger partial charge in [0, 0.05) is 27.3 Å². The average Bonchev–Trinajstić information content (AvgIpc) is 2.40. The predicted octanol–water partition coefficient (Wildman–Crippen LogP) is 2.11. The van der Waals surface area contributed by atoms with Crippen molar-refractivity contribution in [1.29, 1.82) is 0 Å². The summed E-state index contributed by atoms with van der Waals surface area (Å²) in [7, 11) is 1.72. The lowest BCUT2D eigenvalue weighted by molar-refractivity contribution is 0.248. The van der Waals surface area contributed by atoms with Crippen LogP contribution in [0.25, 0.3) is 0 Å². The first kappa shape index (κ1) is 18.1. The molecule has 0 aromatic heterocycles. The topological polar surface area (TPSA) is 42.5 Å². The van der Waals surface area contributed by atoms with Crippen LogP contribution in [0, 0.1) is 0 Å². The molecule has 0 aliphatic heterocycles. The normalized spacial score (nSPS) is 12.0. The lowest BCUT2D eigenvalue weighted by atomic mass is 10.2. The summed E-state index contributed by atoms with van der Waals surface area (Å²) in [5.41, 5.74) is 0. The maximum absolute atomic E-state index is 5.47. The molecule has 0 aromatic carbocycles. The maximum atomic E-state index is 5.47. The molecule has 0 amide bonds. The zero-order valence-electron chi connectivity index (χ0n) is 12.7. The van der Waals surface area contributed by atoms with E-state index in [0.29, 0.717) is 0 Å². The van der Waals surface area contributed by atoms with Crippen LogP contribution in [-0.4, -0.2) is 49.0 Å². The Hall–Kier alpha value is 0.0569. The third kappa shape index (κ3) is 10.0. The molecule has 0 bridgehead atoms. The van der Waals surface area contributed by atoms with Gasteiger partial charge in [0.15, 0.2) is 0 Å². The zero-order chi connectivity index (χ0) is 13.7. The Bertz CT molecular complexity index is 178. The highest BCUT2D eigenvalue weighted by Crippen LogP contribution is 2.16. The second kappa shape index (κ2) is 12.1. The largest absolute Gasteiger partial charge is 0.398 e. The SMILES string of the molecule is CCNCCNCCCCCC[Si](C)(OC)OC. The van der Waals surface area contributed by atoms with E-state index in [1.807, 2.05) is 0 Å². The number of hydrogen-bond donors (Lipinski definition) is 2. The van der Waals surface area contributed by atoms with Crippen LogP contribution in [0.4, 0.5) is 0 Å². The quantitative estimate of drug-likeness (QED) is 0.399. The van der Waals surface area contributed by atoms with Gasteiger partial charge in [0.1, 0.15) is 0 Å². The highest BCUT2D eigenvalue weighted by Gasteiger charge is 2.27. The number of rotatable bonds is 13. The molecule has 18 heavy (non-hydrogen) atoms. The van der Waals surface area contributed by atoms with Crippen LogP contribution in [0.1, 0.15) is 32.6 Å². The van der Waals surface area contributed by atoms with E-state index in [0.717, 1.165) is 32.2 Å². The van der Waals surface area contributed by atoms with Crippen molar-refractivity contribution < 1.29 is 8.85 Å². The molecule has 0 aliphatic carbocycles. The maximum Gasteiger partial charge on any atom is 0.334 e. The molecule has 0 unspecified atom stereocenters. The van der Waals surface area contributed by atoms with Gasteiger partial charge in [-0.15, -0.1) is 0 Å². The minimum Gasteiger partial charge on any atom is -0.398 e. The monoisotopic (exact) mass is 276 g/mol. The molecule has 0 rings (SSSR count). The van der Waals surface area contributed by atoms with Gasteiger partial charge in [-0.05, 0) is 32.1 Å². The Morgan fingerprint density at radius 2 is 1.44 bits per heavy atom. The van der Waals surface area contributed by atoms with E-state index in [-0.39, 0.29) is 0 Å². The minimum absolute atomic E-state index is 1.06. The molecule has 0 radical (unpaired) electrons. The van der Waals surface area contributed by atoms with Gasteiger partial charge in [0.05, 0.1) is 0 Å². The number of likely N-dealkylation sites (N-methyl/N-ethyl adjacent to an activating group) is 1. The highest BCUT2D eigenvalue weighted by atomic mass is 28.4. The summed E-state index contributed by atoms with van der Waals surface area (Å²) in [5, 5.41) is 6.75. The lowest BCUT2D eigenvalue weighted by Gasteiger charge is -2.22. The Balaban J connectivity index is 3.21. The summed E-state index contributed by atoms with van der Waals surface area (Å²) in [5.74, 6) is 0. The van der Waals surface area contributed by atoms with Crippen molar-refractivity contribution in [3.8, 4) is 0 Å². The van der Waals surface area contributed by atoms with E-state index in [1.165, 1.54) is 25.7 Å². The molecule has 0 aliphatic rings. The molecule has 5 heteroatoms. The molecule has 110 valence electrons. The van der Waals surface area contributed by atoms with E-state index in [9.17, 15) is 0 Å². The van der Waals surface area contributed by atoms with Crippen molar-refractivity contribution in [3.05, 3.63) is 0 Å². The number of unbranched alkanes of at least 4 members (excludes halogenated alkanes) is 3. The molecule has 0 heterocycles. The lowest BCUT2D eigenvalue weighted by Crippen LogP contribution is -2.35. The number of hydrogen-bond acceptors (Lipinski definition) is 4. The Kier molecular flexibility index (Phi) is 12.1. The second-order valence-corrected chi connectivity index (χ2v) is 8.39. The van der Waals surface area contributed by atoms with Crippen molar-refractivity contribution in [1.82, 2.24) is 10.6 Å². The molecule has 0 saturated carbocycles. The van der Waals surface area contributed by atoms with Crippen LogP contribution >= 0.6 is 0 Å². The van der Waals surface area contributed by atoms with Gasteiger partial charge in [0.25, 0.3) is 0 Å². The molecule has 0 saturated heterocycles. The molecule has 0 aromatic rings. The van der Waals surface area contributed by atoms with E-state index in [1.54, 1.807) is 14.2 Å². The van der Waals surface area contributed by atoms with E-state index in [2.05, 4.69) is 24.1 Å². The second-order valence-electron chi connectivity index (χ2n) is 4.81. The summed E-state index contributed by atoms with van der Waals surface area (Å²) >= 11 is 0. The molecular weight excluding hydrogens is 244 g/mol. The first-order valence-corrected chi connectivity index (χ1v) is 9.72. The Labute approximate surface area is 114 Å². The van der Waals surface area contributed by atoms with Crippen LogP contribution in [0.2, 0.25) is 12.6 Å². The van der Waals surface area contributed by atoms with E-state index in [4.69, 9.17) is 8.85 Å². The average molecular weight is 276 g/mol. The summed E-state index contributed by atoms with van der Waals surface area (Å²) in [6.45, 7) is 8.61. The summed E-state index contributed by atoms with van der Waals surface area (Å²) in [6, 6.07) is 1.11. The van der Waals surface area contributed by atoms with Crippen molar-refractivity contribution >= 4 is 8.56 Å². The summed E-state index contributed by atoms with van der Waals surface area (Å²) < 4.78 is 10.9.